The van der Waals surface area contributed by atoms with E-state index in [0.29, 0.717) is 38.8 Å². The second-order valence-electron chi connectivity index (χ2n) is 6.63. The molecule has 2 heterocycles. The number of benzene rings is 1. The molecule has 0 aliphatic heterocycles. The highest BCUT2D eigenvalue weighted by Crippen LogP contribution is 2.40. The normalized spacial score (nSPS) is 14.1. The van der Waals surface area contributed by atoms with E-state index < -0.39 is 10.0 Å². The molecule has 0 spiro atoms. The highest BCUT2D eigenvalue weighted by Gasteiger charge is 2.30. The van der Waals surface area contributed by atoms with E-state index in [1.807, 2.05) is 0 Å². The van der Waals surface area contributed by atoms with Gasteiger partial charge in [0.1, 0.15) is 4.90 Å². The third-order valence-electron chi connectivity index (χ3n) is 4.21. The van der Waals surface area contributed by atoms with Gasteiger partial charge in [-0.2, -0.15) is 4.98 Å². The van der Waals surface area contributed by atoms with Crippen molar-refractivity contribution in [2.75, 3.05) is 10.0 Å². The van der Waals surface area contributed by atoms with Gasteiger partial charge in [-0.05, 0) is 50.1 Å². The highest BCUT2D eigenvalue weighted by atomic mass is 32.2. The molecule has 0 radical (unpaired) electrons. The standard InChI is InChI=1S/C18H18N4O4S2/c1-10-16(9-15(27-10)17-20-18(26-21-17)12-3-4-12)28(24,25)22-14-7-5-13(6-8-14)19-11(2)23/h5-9,12,22H,3-4H2,1-2H3,(H,19,23). The lowest BCUT2D eigenvalue weighted by atomic mass is 10.3. The summed E-state index contributed by atoms with van der Waals surface area (Å²) in [5.74, 6) is 1.17. The van der Waals surface area contributed by atoms with Crippen LogP contribution in [0, 0.1) is 6.92 Å². The van der Waals surface area contributed by atoms with E-state index in [9.17, 15) is 13.2 Å². The maximum atomic E-state index is 12.8. The van der Waals surface area contributed by atoms with Crippen LogP contribution in [0.5, 0.6) is 0 Å². The maximum Gasteiger partial charge on any atom is 0.263 e. The Morgan fingerprint density at radius 1 is 1.21 bits per heavy atom. The maximum absolute atomic E-state index is 12.8. The van der Waals surface area contributed by atoms with E-state index in [1.165, 1.54) is 18.3 Å². The van der Waals surface area contributed by atoms with Gasteiger partial charge in [-0.1, -0.05) is 5.16 Å². The molecule has 0 unspecified atom stereocenters. The number of anilines is 2. The number of amides is 1. The number of carbonyl (C=O) groups excluding carboxylic acids is 1. The van der Waals surface area contributed by atoms with Crippen LogP contribution >= 0.6 is 11.3 Å². The Morgan fingerprint density at radius 2 is 1.89 bits per heavy atom. The highest BCUT2D eigenvalue weighted by molar-refractivity contribution is 7.93. The van der Waals surface area contributed by atoms with Gasteiger partial charge in [0.05, 0.1) is 4.88 Å². The van der Waals surface area contributed by atoms with Crippen LogP contribution in [0.2, 0.25) is 0 Å². The summed E-state index contributed by atoms with van der Waals surface area (Å²) in [5, 5.41) is 6.61. The molecule has 0 saturated heterocycles. The topological polar surface area (TPSA) is 114 Å². The Hall–Kier alpha value is -2.72. The van der Waals surface area contributed by atoms with E-state index >= 15 is 0 Å². The van der Waals surface area contributed by atoms with Crippen LogP contribution in [0.3, 0.4) is 0 Å². The van der Waals surface area contributed by atoms with Crippen molar-refractivity contribution in [3.05, 3.63) is 41.1 Å². The molecule has 0 bridgehead atoms. The van der Waals surface area contributed by atoms with Crippen molar-refractivity contribution in [2.24, 2.45) is 0 Å². The molecule has 10 heteroatoms. The van der Waals surface area contributed by atoms with Gasteiger partial charge in [-0.15, -0.1) is 11.3 Å². The number of sulfonamides is 1. The molecule has 1 aliphatic carbocycles. The number of aromatic nitrogens is 2. The van der Waals surface area contributed by atoms with E-state index in [-0.39, 0.29) is 10.8 Å². The average Bonchev–Trinajstić information content (AvgIpc) is 3.21. The molecule has 146 valence electrons. The SMILES string of the molecule is CC(=O)Nc1ccc(NS(=O)(=O)c2cc(-c3noc(C4CC4)n3)sc2C)cc1. The molecule has 1 fully saturated rings. The van der Waals surface area contributed by atoms with Gasteiger partial charge in [0, 0.05) is 29.1 Å². The zero-order valence-electron chi connectivity index (χ0n) is 15.2. The molecule has 1 aromatic carbocycles. The van der Waals surface area contributed by atoms with Crippen LogP contribution in [-0.2, 0) is 14.8 Å². The number of thiophene rings is 1. The molecule has 2 N–H and O–H groups in total. The van der Waals surface area contributed by atoms with Gasteiger partial charge in [0.15, 0.2) is 0 Å². The van der Waals surface area contributed by atoms with Crippen LogP contribution < -0.4 is 10.0 Å². The molecule has 1 amide bonds. The molecular weight excluding hydrogens is 400 g/mol. The monoisotopic (exact) mass is 418 g/mol. The second kappa shape index (κ2) is 7.02. The molecule has 0 atom stereocenters. The molecule has 4 rings (SSSR count). The first-order chi connectivity index (χ1) is 13.3. The summed E-state index contributed by atoms with van der Waals surface area (Å²) < 4.78 is 33.4. The lowest BCUT2D eigenvalue weighted by molar-refractivity contribution is -0.114. The predicted molar refractivity (Wildman–Crippen MR) is 106 cm³/mol. The Kier molecular flexibility index (Phi) is 4.68. The Labute approximate surface area is 166 Å². The van der Waals surface area contributed by atoms with Crippen LogP contribution in [0.4, 0.5) is 11.4 Å². The van der Waals surface area contributed by atoms with Crippen molar-refractivity contribution in [2.45, 2.75) is 37.5 Å². The quantitative estimate of drug-likeness (QED) is 0.630. The summed E-state index contributed by atoms with van der Waals surface area (Å²) in [6, 6.07) is 8.00. The minimum absolute atomic E-state index is 0.177. The van der Waals surface area contributed by atoms with Crippen molar-refractivity contribution in [1.29, 1.82) is 0 Å². The number of nitrogens with zero attached hydrogens (tertiary/aromatic N) is 2. The van der Waals surface area contributed by atoms with Gasteiger partial charge in [-0.3, -0.25) is 9.52 Å². The first-order valence-corrected chi connectivity index (χ1v) is 11.0. The summed E-state index contributed by atoms with van der Waals surface area (Å²) in [5.41, 5.74) is 0.991. The fourth-order valence-electron chi connectivity index (χ4n) is 2.71. The minimum Gasteiger partial charge on any atom is -0.339 e. The minimum atomic E-state index is -3.78. The van der Waals surface area contributed by atoms with Crippen LogP contribution in [0.25, 0.3) is 10.7 Å². The third kappa shape index (κ3) is 3.92. The summed E-state index contributed by atoms with van der Waals surface area (Å²) >= 11 is 1.31. The average molecular weight is 419 g/mol. The van der Waals surface area contributed by atoms with E-state index in [2.05, 4.69) is 20.2 Å². The molecular formula is C18H18N4O4S2. The predicted octanol–water partition coefficient (Wildman–Crippen LogP) is 3.74. The molecule has 1 aliphatic rings. The largest absolute Gasteiger partial charge is 0.339 e. The Balaban J connectivity index is 1.55. The smallest absolute Gasteiger partial charge is 0.263 e. The van der Waals surface area contributed by atoms with Crippen LogP contribution in [0.15, 0.2) is 39.8 Å². The van der Waals surface area contributed by atoms with Crippen LogP contribution in [-0.4, -0.2) is 24.5 Å². The number of carbonyl (C=O) groups is 1. The summed E-state index contributed by atoms with van der Waals surface area (Å²) in [6.07, 6.45) is 2.10. The molecule has 8 nitrogen and oxygen atoms in total. The second-order valence-corrected chi connectivity index (χ2v) is 9.53. The van der Waals surface area contributed by atoms with Gasteiger partial charge >= 0.3 is 0 Å². The first kappa shape index (κ1) is 18.6. The van der Waals surface area contributed by atoms with Gasteiger partial charge in [-0.25, -0.2) is 8.42 Å². The van der Waals surface area contributed by atoms with E-state index in [4.69, 9.17) is 4.52 Å². The van der Waals surface area contributed by atoms with Gasteiger partial charge in [0.25, 0.3) is 10.0 Å². The lowest BCUT2D eigenvalue weighted by Crippen LogP contribution is -2.13. The van der Waals surface area contributed by atoms with Gasteiger partial charge < -0.3 is 9.84 Å². The number of rotatable bonds is 6. The van der Waals surface area contributed by atoms with Crippen molar-refractivity contribution >= 4 is 38.6 Å². The van der Waals surface area contributed by atoms with E-state index in [0.717, 1.165) is 12.8 Å². The van der Waals surface area contributed by atoms with Crippen molar-refractivity contribution in [3.8, 4) is 10.7 Å². The molecule has 28 heavy (non-hydrogen) atoms. The lowest BCUT2D eigenvalue weighted by Gasteiger charge is -2.08. The molecule has 2 aromatic heterocycles. The van der Waals surface area contributed by atoms with Crippen molar-refractivity contribution < 1.29 is 17.7 Å². The van der Waals surface area contributed by atoms with Gasteiger partial charge in [0.2, 0.25) is 17.6 Å². The number of hydrogen-bond acceptors (Lipinski definition) is 7. The summed E-state index contributed by atoms with van der Waals surface area (Å²) in [7, 11) is -3.78. The molecule has 1 saturated carbocycles. The number of aryl methyl sites for hydroxylation is 1. The fraction of sp³-hybridized carbons (Fsp3) is 0.278. The number of hydrogen-bond donors (Lipinski definition) is 2. The first-order valence-electron chi connectivity index (χ1n) is 8.67. The third-order valence-corrected chi connectivity index (χ3v) is 6.89. The van der Waals surface area contributed by atoms with Crippen molar-refractivity contribution in [1.82, 2.24) is 10.1 Å². The van der Waals surface area contributed by atoms with Crippen LogP contribution in [0.1, 0.15) is 36.5 Å². The zero-order chi connectivity index (χ0) is 19.9. The zero-order valence-corrected chi connectivity index (χ0v) is 16.9. The summed E-state index contributed by atoms with van der Waals surface area (Å²) in [6.45, 7) is 3.15. The Bertz CT molecular complexity index is 1130. The molecule has 3 aromatic rings. The Morgan fingerprint density at radius 3 is 2.54 bits per heavy atom. The fourth-order valence-corrected chi connectivity index (χ4v) is 5.29. The van der Waals surface area contributed by atoms with Crippen molar-refractivity contribution in [3.63, 3.8) is 0 Å². The number of nitrogens with one attached hydrogen (secondary N) is 2. The summed E-state index contributed by atoms with van der Waals surface area (Å²) in [4.78, 5) is 16.9. The van der Waals surface area contributed by atoms with E-state index in [1.54, 1.807) is 37.3 Å².